The third-order valence-electron chi connectivity index (χ3n) is 3.51. The fourth-order valence-corrected chi connectivity index (χ4v) is 2.11. The van der Waals surface area contributed by atoms with Crippen molar-refractivity contribution in [2.45, 2.75) is 71.1 Å². The predicted molar refractivity (Wildman–Crippen MR) is 92.2 cm³/mol. The van der Waals surface area contributed by atoms with Crippen LogP contribution in [-0.2, 0) is 28.6 Å². The van der Waals surface area contributed by atoms with Gasteiger partial charge >= 0.3 is 17.9 Å². The Balaban J connectivity index is 3.29. The molecule has 0 fully saturated rings. The molecule has 7 nitrogen and oxygen atoms in total. The number of carbonyl (C=O) groups is 3. The maximum atomic E-state index is 11.5. The van der Waals surface area contributed by atoms with Crippen LogP contribution in [0.5, 0.6) is 0 Å². The number of carboxylic acids is 1. The van der Waals surface area contributed by atoms with Crippen molar-refractivity contribution in [2.24, 2.45) is 0 Å². The Morgan fingerprint density at radius 2 is 1.20 bits per heavy atom. The van der Waals surface area contributed by atoms with E-state index in [-0.39, 0.29) is 45.2 Å². The molecule has 1 N–H and O–H groups in total. The molecular formula is C18H32O7. The van der Waals surface area contributed by atoms with Gasteiger partial charge in [0.1, 0.15) is 13.2 Å². The minimum atomic E-state index is -1.04. The summed E-state index contributed by atoms with van der Waals surface area (Å²) in [5.41, 5.74) is 0. The van der Waals surface area contributed by atoms with E-state index in [4.69, 9.17) is 19.3 Å². The molecule has 146 valence electrons. The standard InChI is InChI=1S/C18H32O7/c1-2-3-4-5-6-7-8-9-17(21)24-14-12-23-13-15-25-18(22)11-10-16(19)20/h2-15H2,1H3,(H,19,20). The Kier molecular flexibility index (Phi) is 16.1. The summed E-state index contributed by atoms with van der Waals surface area (Å²) in [5.74, 6) is -1.81. The van der Waals surface area contributed by atoms with Gasteiger partial charge in [0.05, 0.1) is 26.1 Å². The average Bonchev–Trinajstić information content (AvgIpc) is 2.58. The van der Waals surface area contributed by atoms with Crippen molar-refractivity contribution in [3.05, 3.63) is 0 Å². The molecule has 0 aliphatic rings. The van der Waals surface area contributed by atoms with Crippen LogP contribution in [0.3, 0.4) is 0 Å². The maximum Gasteiger partial charge on any atom is 0.306 e. The van der Waals surface area contributed by atoms with Crippen LogP contribution in [0.2, 0.25) is 0 Å². The molecule has 0 aliphatic carbocycles. The third-order valence-corrected chi connectivity index (χ3v) is 3.51. The second-order valence-electron chi connectivity index (χ2n) is 5.82. The zero-order valence-electron chi connectivity index (χ0n) is 15.3. The van der Waals surface area contributed by atoms with Gasteiger partial charge in [0.2, 0.25) is 0 Å². The first-order valence-corrected chi connectivity index (χ1v) is 9.17. The van der Waals surface area contributed by atoms with E-state index in [1.54, 1.807) is 0 Å². The number of esters is 2. The smallest absolute Gasteiger partial charge is 0.306 e. The highest BCUT2D eigenvalue weighted by Gasteiger charge is 2.06. The number of unbranched alkanes of at least 4 members (excludes halogenated alkanes) is 6. The topological polar surface area (TPSA) is 99.1 Å². The molecule has 0 heterocycles. The van der Waals surface area contributed by atoms with Gasteiger partial charge in [0.15, 0.2) is 0 Å². The van der Waals surface area contributed by atoms with Crippen LogP contribution in [-0.4, -0.2) is 49.4 Å². The van der Waals surface area contributed by atoms with Gasteiger partial charge in [-0.2, -0.15) is 0 Å². The van der Waals surface area contributed by atoms with E-state index in [0.717, 1.165) is 12.8 Å². The van der Waals surface area contributed by atoms with Gasteiger partial charge in [-0.3, -0.25) is 14.4 Å². The average molecular weight is 360 g/mol. The third kappa shape index (κ3) is 18.5. The number of aliphatic carboxylic acids is 1. The van der Waals surface area contributed by atoms with E-state index in [2.05, 4.69) is 6.92 Å². The van der Waals surface area contributed by atoms with E-state index in [9.17, 15) is 14.4 Å². The van der Waals surface area contributed by atoms with Gasteiger partial charge in [-0.1, -0.05) is 45.4 Å². The molecule has 0 bridgehead atoms. The van der Waals surface area contributed by atoms with Gasteiger partial charge < -0.3 is 19.3 Å². The van der Waals surface area contributed by atoms with Crippen LogP contribution in [0.15, 0.2) is 0 Å². The zero-order chi connectivity index (χ0) is 18.8. The van der Waals surface area contributed by atoms with Gasteiger partial charge in [0, 0.05) is 6.42 Å². The molecule has 0 radical (unpaired) electrons. The predicted octanol–water partition coefficient (Wildman–Crippen LogP) is 3.09. The molecule has 0 rings (SSSR count). The van der Waals surface area contributed by atoms with Crippen LogP contribution in [0.4, 0.5) is 0 Å². The first-order chi connectivity index (χ1) is 12.1. The van der Waals surface area contributed by atoms with E-state index in [0.29, 0.717) is 6.42 Å². The van der Waals surface area contributed by atoms with Gasteiger partial charge in [-0.15, -0.1) is 0 Å². The van der Waals surface area contributed by atoms with E-state index < -0.39 is 11.9 Å². The number of rotatable bonds is 17. The molecule has 0 amide bonds. The second-order valence-corrected chi connectivity index (χ2v) is 5.82. The minimum Gasteiger partial charge on any atom is -0.481 e. The summed E-state index contributed by atoms with van der Waals surface area (Å²) in [6, 6.07) is 0. The fraction of sp³-hybridized carbons (Fsp3) is 0.833. The number of carboxylic acid groups (broad SMARTS) is 1. The van der Waals surface area contributed by atoms with Crippen LogP contribution in [0.1, 0.15) is 71.1 Å². The molecule has 0 aromatic rings. The molecule has 0 aliphatic heterocycles. The summed E-state index contributed by atoms with van der Waals surface area (Å²) in [6.45, 7) is 2.87. The van der Waals surface area contributed by atoms with Crippen molar-refractivity contribution in [2.75, 3.05) is 26.4 Å². The summed E-state index contributed by atoms with van der Waals surface area (Å²) in [4.78, 5) is 32.9. The van der Waals surface area contributed by atoms with Crippen molar-refractivity contribution in [1.29, 1.82) is 0 Å². The maximum absolute atomic E-state index is 11.5. The van der Waals surface area contributed by atoms with Crippen LogP contribution < -0.4 is 0 Å². The largest absolute Gasteiger partial charge is 0.481 e. The summed E-state index contributed by atoms with van der Waals surface area (Å²) < 4.78 is 15.0. The van der Waals surface area contributed by atoms with Gasteiger partial charge in [-0.25, -0.2) is 0 Å². The molecular weight excluding hydrogens is 328 g/mol. The lowest BCUT2D eigenvalue weighted by Crippen LogP contribution is -2.15. The highest BCUT2D eigenvalue weighted by Crippen LogP contribution is 2.08. The fourth-order valence-electron chi connectivity index (χ4n) is 2.11. The molecule has 0 spiro atoms. The first kappa shape index (κ1) is 23.4. The Morgan fingerprint density at radius 1 is 0.680 bits per heavy atom. The van der Waals surface area contributed by atoms with Crippen molar-refractivity contribution >= 4 is 17.9 Å². The minimum absolute atomic E-state index is 0.0600. The monoisotopic (exact) mass is 360 g/mol. The molecule has 0 aromatic carbocycles. The van der Waals surface area contributed by atoms with Crippen molar-refractivity contribution < 1.29 is 33.7 Å². The van der Waals surface area contributed by atoms with Gasteiger partial charge in [0.25, 0.3) is 0 Å². The van der Waals surface area contributed by atoms with E-state index >= 15 is 0 Å². The number of ether oxygens (including phenoxy) is 3. The summed E-state index contributed by atoms with van der Waals surface area (Å²) in [5, 5.41) is 8.41. The summed E-state index contributed by atoms with van der Waals surface area (Å²) in [6.07, 6.45) is 8.16. The van der Waals surface area contributed by atoms with Crippen molar-refractivity contribution in [3.63, 3.8) is 0 Å². The number of hydrogen-bond donors (Lipinski definition) is 1. The zero-order valence-corrected chi connectivity index (χ0v) is 15.3. The lowest BCUT2D eigenvalue weighted by molar-refractivity contribution is -0.149. The van der Waals surface area contributed by atoms with Crippen LogP contribution >= 0.6 is 0 Å². The SMILES string of the molecule is CCCCCCCCCC(=O)OCCOCCOC(=O)CCC(=O)O. The number of hydrogen-bond acceptors (Lipinski definition) is 6. The molecule has 0 saturated heterocycles. The van der Waals surface area contributed by atoms with Crippen molar-refractivity contribution in [1.82, 2.24) is 0 Å². The molecule has 0 atom stereocenters. The Hall–Kier alpha value is -1.63. The normalized spacial score (nSPS) is 10.4. The second kappa shape index (κ2) is 17.2. The first-order valence-electron chi connectivity index (χ1n) is 9.17. The number of carbonyl (C=O) groups excluding carboxylic acids is 2. The molecule has 25 heavy (non-hydrogen) atoms. The van der Waals surface area contributed by atoms with Gasteiger partial charge in [-0.05, 0) is 6.42 Å². The lowest BCUT2D eigenvalue weighted by atomic mass is 10.1. The molecule has 0 unspecified atom stereocenters. The summed E-state index contributed by atoms with van der Waals surface area (Å²) in [7, 11) is 0. The summed E-state index contributed by atoms with van der Waals surface area (Å²) >= 11 is 0. The Labute approximate surface area is 150 Å². The lowest BCUT2D eigenvalue weighted by Gasteiger charge is -2.07. The molecule has 0 saturated carbocycles. The van der Waals surface area contributed by atoms with Crippen molar-refractivity contribution in [3.8, 4) is 0 Å². The molecule has 7 heteroatoms. The van der Waals surface area contributed by atoms with E-state index in [1.165, 1.54) is 32.1 Å². The highest BCUT2D eigenvalue weighted by atomic mass is 16.6. The van der Waals surface area contributed by atoms with Crippen LogP contribution in [0, 0.1) is 0 Å². The highest BCUT2D eigenvalue weighted by molar-refractivity contribution is 5.76. The molecule has 0 aromatic heterocycles. The Morgan fingerprint density at radius 3 is 1.76 bits per heavy atom. The van der Waals surface area contributed by atoms with Crippen LogP contribution in [0.25, 0.3) is 0 Å². The van der Waals surface area contributed by atoms with E-state index in [1.807, 2.05) is 0 Å². The Bertz CT molecular complexity index is 368. The quantitative estimate of drug-likeness (QED) is 0.314.